The van der Waals surface area contributed by atoms with Crippen molar-refractivity contribution in [2.24, 2.45) is 11.7 Å². The summed E-state index contributed by atoms with van der Waals surface area (Å²) in [5, 5.41) is 2.75. The van der Waals surface area contributed by atoms with Crippen molar-refractivity contribution >= 4 is 11.6 Å². The van der Waals surface area contributed by atoms with Crippen molar-refractivity contribution in [2.45, 2.75) is 26.3 Å². The Bertz CT molecular complexity index is 459. The Labute approximate surface area is 115 Å². The number of nitrogens with one attached hydrogen (secondary N) is 1. The lowest BCUT2D eigenvalue weighted by atomic mass is 9.95. The number of benzene rings is 1. The maximum Gasteiger partial charge on any atom is 0.224 e. The van der Waals surface area contributed by atoms with Gasteiger partial charge in [-0.05, 0) is 31.4 Å². The van der Waals surface area contributed by atoms with E-state index in [1.54, 1.807) is 7.05 Å². The monoisotopic (exact) mass is 261 g/mol. The zero-order valence-corrected chi connectivity index (χ0v) is 11.8. The number of hydrogen-bond acceptors (Lipinski definition) is 3. The highest BCUT2D eigenvalue weighted by molar-refractivity contribution is 5.79. The van der Waals surface area contributed by atoms with Crippen LogP contribution < -0.4 is 16.0 Å². The SMILES string of the molecule is CNC(=O)C1CCCN(c2ccc(C)cc2CN)C1. The average molecular weight is 261 g/mol. The van der Waals surface area contributed by atoms with Crippen LogP contribution in [0.25, 0.3) is 0 Å². The molecule has 0 aromatic heterocycles. The first-order chi connectivity index (χ1) is 9.15. The molecule has 1 atom stereocenters. The van der Waals surface area contributed by atoms with Crippen molar-refractivity contribution < 1.29 is 4.79 Å². The normalized spacial score (nSPS) is 19.3. The second-order valence-electron chi connectivity index (χ2n) is 5.24. The molecular formula is C15H23N3O. The first kappa shape index (κ1) is 13.9. The number of hydrogen-bond donors (Lipinski definition) is 2. The van der Waals surface area contributed by atoms with Gasteiger partial charge in [0.25, 0.3) is 0 Å². The highest BCUT2D eigenvalue weighted by Crippen LogP contribution is 2.27. The van der Waals surface area contributed by atoms with Crippen LogP contribution in [0.2, 0.25) is 0 Å². The molecule has 2 rings (SSSR count). The van der Waals surface area contributed by atoms with Crippen LogP contribution in [-0.2, 0) is 11.3 Å². The zero-order valence-electron chi connectivity index (χ0n) is 11.8. The van der Waals surface area contributed by atoms with Gasteiger partial charge < -0.3 is 16.0 Å². The summed E-state index contributed by atoms with van der Waals surface area (Å²) in [6.45, 7) is 4.41. The Balaban J connectivity index is 2.19. The van der Waals surface area contributed by atoms with Gasteiger partial charge in [0.05, 0.1) is 5.92 Å². The molecule has 0 bridgehead atoms. The molecule has 1 amide bonds. The quantitative estimate of drug-likeness (QED) is 0.865. The Kier molecular flexibility index (Phi) is 4.43. The van der Waals surface area contributed by atoms with E-state index >= 15 is 0 Å². The summed E-state index contributed by atoms with van der Waals surface area (Å²) in [6.07, 6.45) is 2.02. The predicted molar refractivity (Wildman–Crippen MR) is 78.1 cm³/mol. The topological polar surface area (TPSA) is 58.4 Å². The average Bonchev–Trinajstić information content (AvgIpc) is 2.46. The van der Waals surface area contributed by atoms with Crippen LogP contribution in [0.3, 0.4) is 0 Å². The van der Waals surface area contributed by atoms with E-state index in [9.17, 15) is 4.79 Å². The van der Waals surface area contributed by atoms with Crippen LogP contribution in [0.4, 0.5) is 5.69 Å². The molecule has 4 nitrogen and oxygen atoms in total. The molecule has 1 aromatic rings. The Morgan fingerprint density at radius 1 is 1.53 bits per heavy atom. The van der Waals surface area contributed by atoms with E-state index in [2.05, 4.69) is 35.3 Å². The number of carbonyl (C=O) groups excluding carboxylic acids is 1. The highest BCUT2D eigenvalue weighted by atomic mass is 16.1. The number of nitrogens with two attached hydrogens (primary N) is 1. The van der Waals surface area contributed by atoms with E-state index < -0.39 is 0 Å². The lowest BCUT2D eigenvalue weighted by Gasteiger charge is -2.34. The highest BCUT2D eigenvalue weighted by Gasteiger charge is 2.26. The van der Waals surface area contributed by atoms with E-state index in [4.69, 9.17) is 5.73 Å². The molecular weight excluding hydrogens is 238 g/mol. The molecule has 3 N–H and O–H groups in total. The minimum atomic E-state index is 0.0886. The van der Waals surface area contributed by atoms with Gasteiger partial charge in [-0.15, -0.1) is 0 Å². The first-order valence-electron chi connectivity index (χ1n) is 6.92. The van der Waals surface area contributed by atoms with Crippen LogP contribution in [0.5, 0.6) is 0 Å². The number of carbonyl (C=O) groups is 1. The summed E-state index contributed by atoms with van der Waals surface area (Å²) in [4.78, 5) is 14.1. The number of aryl methyl sites for hydroxylation is 1. The van der Waals surface area contributed by atoms with Crippen LogP contribution in [0.15, 0.2) is 18.2 Å². The summed E-state index contributed by atoms with van der Waals surface area (Å²) >= 11 is 0. The van der Waals surface area contributed by atoms with Crippen LogP contribution in [0, 0.1) is 12.8 Å². The summed E-state index contributed by atoms with van der Waals surface area (Å²) in [5.41, 5.74) is 9.41. The molecule has 1 saturated heterocycles. The minimum Gasteiger partial charge on any atom is -0.370 e. The fraction of sp³-hybridized carbons (Fsp3) is 0.533. The maximum absolute atomic E-state index is 11.8. The van der Waals surface area contributed by atoms with Crippen molar-refractivity contribution in [3.8, 4) is 0 Å². The number of amides is 1. The zero-order chi connectivity index (χ0) is 13.8. The Hall–Kier alpha value is -1.55. The van der Waals surface area contributed by atoms with Crippen molar-refractivity contribution in [3.63, 3.8) is 0 Å². The molecule has 0 spiro atoms. The second kappa shape index (κ2) is 6.06. The minimum absolute atomic E-state index is 0.0886. The van der Waals surface area contributed by atoms with Crippen molar-refractivity contribution in [1.29, 1.82) is 0 Å². The molecule has 4 heteroatoms. The van der Waals surface area contributed by atoms with Gasteiger partial charge in [-0.25, -0.2) is 0 Å². The largest absolute Gasteiger partial charge is 0.370 e. The number of piperidine rings is 1. The smallest absolute Gasteiger partial charge is 0.224 e. The Morgan fingerprint density at radius 2 is 2.32 bits per heavy atom. The van der Waals surface area contributed by atoms with Gasteiger partial charge in [-0.2, -0.15) is 0 Å². The molecule has 1 unspecified atom stereocenters. The van der Waals surface area contributed by atoms with E-state index in [1.807, 2.05) is 0 Å². The summed E-state index contributed by atoms with van der Waals surface area (Å²) in [5.74, 6) is 0.233. The maximum atomic E-state index is 11.8. The van der Waals surface area contributed by atoms with Crippen molar-refractivity contribution in [2.75, 3.05) is 25.0 Å². The third-order valence-corrected chi connectivity index (χ3v) is 3.83. The molecule has 1 heterocycles. The second-order valence-corrected chi connectivity index (χ2v) is 5.24. The summed E-state index contributed by atoms with van der Waals surface area (Å²) < 4.78 is 0. The van der Waals surface area contributed by atoms with E-state index in [0.29, 0.717) is 6.54 Å². The standard InChI is InChI=1S/C15H23N3O/c1-11-5-6-14(13(8-11)9-16)18-7-3-4-12(10-18)15(19)17-2/h5-6,8,12H,3-4,7,9-10,16H2,1-2H3,(H,17,19). The summed E-state index contributed by atoms with van der Waals surface area (Å²) in [6, 6.07) is 6.38. The number of nitrogens with zero attached hydrogens (tertiary/aromatic N) is 1. The van der Waals surface area contributed by atoms with Gasteiger partial charge in [-0.3, -0.25) is 4.79 Å². The van der Waals surface area contributed by atoms with Gasteiger partial charge in [0, 0.05) is 32.4 Å². The van der Waals surface area contributed by atoms with Gasteiger partial charge in [-0.1, -0.05) is 17.7 Å². The molecule has 1 fully saturated rings. The van der Waals surface area contributed by atoms with E-state index in [1.165, 1.54) is 11.3 Å². The number of anilines is 1. The van der Waals surface area contributed by atoms with E-state index in [-0.39, 0.29) is 11.8 Å². The van der Waals surface area contributed by atoms with Gasteiger partial charge in [0.2, 0.25) is 5.91 Å². The third-order valence-electron chi connectivity index (χ3n) is 3.83. The lowest BCUT2D eigenvalue weighted by molar-refractivity contribution is -0.124. The first-order valence-corrected chi connectivity index (χ1v) is 6.92. The molecule has 1 aliphatic rings. The molecule has 0 saturated carbocycles. The van der Waals surface area contributed by atoms with Crippen molar-refractivity contribution in [3.05, 3.63) is 29.3 Å². The molecule has 19 heavy (non-hydrogen) atoms. The molecule has 0 radical (unpaired) electrons. The third kappa shape index (κ3) is 3.07. The van der Waals surface area contributed by atoms with Crippen LogP contribution in [0.1, 0.15) is 24.0 Å². The van der Waals surface area contributed by atoms with E-state index in [0.717, 1.165) is 31.5 Å². The fourth-order valence-corrected chi connectivity index (χ4v) is 2.80. The lowest BCUT2D eigenvalue weighted by Crippen LogP contribution is -2.42. The summed E-state index contributed by atoms with van der Waals surface area (Å²) in [7, 11) is 1.71. The van der Waals surface area contributed by atoms with Gasteiger partial charge in [0.15, 0.2) is 0 Å². The Morgan fingerprint density at radius 3 is 3.00 bits per heavy atom. The predicted octanol–water partition coefficient (Wildman–Crippen LogP) is 1.42. The molecule has 104 valence electrons. The fourth-order valence-electron chi connectivity index (χ4n) is 2.80. The number of rotatable bonds is 3. The van der Waals surface area contributed by atoms with Crippen LogP contribution in [-0.4, -0.2) is 26.0 Å². The molecule has 1 aromatic carbocycles. The van der Waals surface area contributed by atoms with Gasteiger partial charge >= 0.3 is 0 Å². The molecule has 0 aliphatic carbocycles. The van der Waals surface area contributed by atoms with Crippen molar-refractivity contribution in [1.82, 2.24) is 5.32 Å². The molecule has 1 aliphatic heterocycles. The van der Waals surface area contributed by atoms with Gasteiger partial charge in [0.1, 0.15) is 0 Å². The van der Waals surface area contributed by atoms with Crippen LogP contribution >= 0.6 is 0 Å².